The van der Waals surface area contributed by atoms with Gasteiger partial charge in [0.1, 0.15) is 5.60 Å². The summed E-state index contributed by atoms with van der Waals surface area (Å²) in [6.45, 7) is 12.0. The summed E-state index contributed by atoms with van der Waals surface area (Å²) in [5.74, 6) is -0.349. The van der Waals surface area contributed by atoms with Crippen LogP contribution in [0.1, 0.15) is 67.2 Å². The molecule has 0 aromatic heterocycles. The van der Waals surface area contributed by atoms with Crippen LogP contribution in [0.5, 0.6) is 0 Å². The number of aliphatic hydroxyl groups is 1. The van der Waals surface area contributed by atoms with Crippen LogP contribution < -0.4 is 0 Å². The number of allylic oxidation sites excluding steroid dienone is 4. The van der Waals surface area contributed by atoms with Crippen LogP contribution in [0.25, 0.3) is 0 Å². The van der Waals surface area contributed by atoms with Gasteiger partial charge in [-0.1, -0.05) is 36.8 Å². The van der Waals surface area contributed by atoms with Gasteiger partial charge in [0.2, 0.25) is 0 Å². The summed E-state index contributed by atoms with van der Waals surface area (Å²) < 4.78 is 17.3. The summed E-state index contributed by atoms with van der Waals surface area (Å²) in [6, 6.07) is 0. The van der Waals surface area contributed by atoms with Crippen LogP contribution in [0.2, 0.25) is 0 Å². The second-order valence-corrected chi connectivity index (χ2v) is 10.1. The summed E-state index contributed by atoms with van der Waals surface area (Å²) in [6.07, 6.45) is 14.7. The fourth-order valence-corrected chi connectivity index (χ4v) is 3.77. The summed E-state index contributed by atoms with van der Waals surface area (Å²) in [4.78, 5) is 12.4. The molecule has 1 saturated heterocycles. The van der Waals surface area contributed by atoms with Crippen LogP contribution in [0.4, 0.5) is 0 Å². The Hall–Kier alpha value is -1.69. The monoisotopic (exact) mass is 432 g/mol. The minimum absolute atomic E-state index is 0.00311. The number of carbonyl (C=O) groups is 1. The molecular weight excluding hydrogens is 392 g/mol. The summed E-state index contributed by atoms with van der Waals surface area (Å²) >= 11 is 0. The highest BCUT2D eigenvalue weighted by atomic mass is 16.6. The molecule has 31 heavy (non-hydrogen) atoms. The summed E-state index contributed by atoms with van der Waals surface area (Å²) in [5, 5.41) is 9.81. The van der Waals surface area contributed by atoms with Crippen molar-refractivity contribution in [3.63, 3.8) is 0 Å². The molecule has 174 valence electrons. The molecule has 0 spiro atoms. The van der Waals surface area contributed by atoms with Gasteiger partial charge in [0.15, 0.2) is 6.10 Å². The molecular formula is C26H40O5. The van der Waals surface area contributed by atoms with Crippen molar-refractivity contribution in [2.45, 2.75) is 90.6 Å². The molecule has 4 atom stereocenters. The molecule has 0 aromatic carbocycles. The van der Waals surface area contributed by atoms with Crippen LogP contribution in [0.3, 0.4) is 0 Å². The number of ether oxygens (including phenoxy) is 3. The Morgan fingerprint density at radius 3 is 2.68 bits per heavy atom. The Labute approximate surface area is 187 Å². The molecule has 1 N–H and O–H groups in total. The highest BCUT2D eigenvalue weighted by Gasteiger charge is 2.58. The molecule has 5 heteroatoms. The number of hydrogen-bond donors (Lipinski definition) is 1. The number of carbonyl (C=O) groups excluding carboxylic acids is 1. The number of esters is 1. The van der Waals surface area contributed by atoms with Crippen LogP contribution >= 0.6 is 0 Å². The van der Waals surface area contributed by atoms with Crippen molar-refractivity contribution in [3.05, 3.63) is 47.6 Å². The van der Waals surface area contributed by atoms with Crippen LogP contribution in [-0.4, -0.2) is 48.2 Å². The third-order valence-corrected chi connectivity index (χ3v) is 6.28. The van der Waals surface area contributed by atoms with Crippen molar-refractivity contribution in [1.29, 1.82) is 0 Å². The van der Waals surface area contributed by atoms with E-state index in [0.717, 1.165) is 36.8 Å². The van der Waals surface area contributed by atoms with Gasteiger partial charge in [-0.2, -0.15) is 0 Å². The summed E-state index contributed by atoms with van der Waals surface area (Å²) in [7, 11) is 1.70. The van der Waals surface area contributed by atoms with E-state index in [9.17, 15) is 9.90 Å². The average Bonchev–Trinajstić information content (AvgIpc) is 3.35. The van der Waals surface area contributed by atoms with Crippen LogP contribution in [-0.2, 0) is 19.0 Å². The minimum Gasteiger partial charge on any atom is -0.452 e. The van der Waals surface area contributed by atoms with Gasteiger partial charge in [-0.3, -0.25) is 0 Å². The zero-order valence-electron chi connectivity index (χ0n) is 20.2. The lowest BCUT2D eigenvalue weighted by atomic mass is 9.81. The fourth-order valence-electron chi connectivity index (χ4n) is 3.77. The predicted molar refractivity (Wildman–Crippen MR) is 124 cm³/mol. The van der Waals surface area contributed by atoms with Gasteiger partial charge in [-0.25, -0.2) is 4.79 Å². The van der Waals surface area contributed by atoms with E-state index in [1.807, 2.05) is 40.7 Å². The lowest BCUT2D eigenvalue weighted by molar-refractivity contribution is -0.143. The molecule has 0 radical (unpaired) electrons. The first-order valence-corrected chi connectivity index (χ1v) is 11.2. The molecule has 2 rings (SSSR count). The highest BCUT2D eigenvalue weighted by molar-refractivity contribution is 5.83. The molecule has 5 nitrogen and oxygen atoms in total. The fraction of sp³-hybridized carbons (Fsp3) is 0.654. The van der Waals surface area contributed by atoms with Crippen molar-refractivity contribution in [2.75, 3.05) is 13.7 Å². The molecule has 1 heterocycles. The first-order valence-electron chi connectivity index (χ1n) is 11.2. The van der Waals surface area contributed by atoms with E-state index in [1.165, 1.54) is 6.08 Å². The van der Waals surface area contributed by atoms with Crippen molar-refractivity contribution in [2.24, 2.45) is 5.41 Å². The van der Waals surface area contributed by atoms with Gasteiger partial charge in [0.25, 0.3) is 0 Å². The van der Waals surface area contributed by atoms with E-state index < -0.39 is 11.7 Å². The smallest absolute Gasteiger partial charge is 0.331 e. The Morgan fingerprint density at radius 1 is 1.35 bits per heavy atom. The maximum Gasteiger partial charge on any atom is 0.331 e. The maximum absolute atomic E-state index is 12.4. The Bertz CT molecular complexity index is 756. The maximum atomic E-state index is 12.4. The topological polar surface area (TPSA) is 68.3 Å². The largest absolute Gasteiger partial charge is 0.452 e. The molecule has 1 aliphatic carbocycles. The minimum atomic E-state index is -0.540. The van der Waals surface area contributed by atoms with E-state index >= 15 is 0 Å². The zero-order chi connectivity index (χ0) is 23.3. The highest BCUT2D eigenvalue weighted by Crippen LogP contribution is 2.45. The summed E-state index contributed by atoms with van der Waals surface area (Å²) in [5.41, 5.74) is 0.856. The standard InChI is InChI=1S/C26H40O5/c1-19(2)17-23(28)30-21-12-16-25(5,14-8-13-24(3,4)29-7)15-11-20(18-27)9-10-22-26(21,6)31-22/h8,11-13,16-17,21-22,27H,9-10,14-15,18H2,1-7H3/b13-8+,16-12+,20-11-/t21-,22+,25-,26+/m1/s1. The molecule has 0 unspecified atom stereocenters. The molecule has 0 bridgehead atoms. The molecule has 0 amide bonds. The Balaban J connectivity index is 2.32. The number of fused-ring (bicyclic) bond motifs is 1. The molecule has 0 aromatic rings. The quantitative estimate of drug-likeness (QED) is 0.264. The molecule has 0 saturated carbocycles. The SMILES string of the molecule is COC(C)(C)/C=C/C[C@@]1(C)/C=C/[C@@H](OC(=O)C=C(C)C)[C@]2(C)O[C@H]2CC/C(CO)=C/C1. The Morgan fingerprint density at radius 2 is 2.06 bits per heavy atom. The van der Waals surface area contributed by atoms with Gasteiger partial charge in [0.05, 0.1) is 18.3 Å². The van der Waals surface area contributed by atoms with E-state index in [4.69, 9.17) is 14.2 Å². The van der Waals surface area contributed by atoms with Gasteiger partial charge in [-0.05, 0) is 77.4 Å². The molecule has 1 fully saturated rings. The molecule has 2 aliphatic rings. The second-order valence-electron chi connectivity index (χ2n) is 10.1. The van der Waals surface area contributed by atoms with Gasteiger partial charge >= 0.3 is 5.97 Å². The van der Waals surface area contributed by atoms with Crippen LogP contribution in [0.15, 0.2) is 47.6 Å². The number of epoxide rings is 1. The number of rotatable bonds is 7. The van der Waals surface area contributed by atoms with Gasteiger partial charge in [0, 0.05) is 13.2 Å². The van der Waals surface area contributed by atoms with Crippen molar-refractivity contribution >= 4 is 5.97 Å². The van der Waals surface area contributed by atoms with E-state index in [1.54, 1.807) is 7.11 Å². The normalized spacial score (nSPS) is 34.1. The zero-order valence-corrected chi connectivity index (χ0v) is 20.2. The lowest BCUT2D eigenvalue weighted by Gasteiger charge is -2.26. The van der Waals surface area contributed by atoms with E-state index in [-0.39, 0.29) is 29.7 Å². The van der Waals surface area contributed by atoms with Crippen molar-refractivity contribution in [1.82, 2.24) is 0 Å². The third kappa shape index (κ3) is 7.44. The first-order chi connectivity index (χ1) is 14.4. The van der Waals surface area contributed by atoms with E-state index in [2.05, 4.69) is 31.2 Å². The first kappa shape index (κ1) is 25.6. The predicted octanol–water partition coefficient (Wildman–Crippen LogP) is 5.06. The van der Waals surface area contributed by atoms with Crippen LogP contribution in [0, 0.1) is 5.41 Å². The molecule has 1 aliphatic heterocycles. The Kier molecular flexibility index (Phi) is 8.48. The number of hydrogen-bond acceptors (Lipinski definition) is 5. The van der Waals surface area contributed by atoms with E-state index in [0.29, 0.717) is 0 Å². The van der Waals surface area contributed by atoms with Gasteiger partial charge < -0.3 is 19.3 Å². The van der Waals surface area contributed by atoms with Gasteiger partial charge in [-0.15, -0.1) is 0 Å². The number of aliphatic hydroxyl groups excluding tert-OH is 1. The number of methoxy groups -OCH3 is 1. The third-order valence-electron chi connectivity index (χ3n) is 6.28. The van der Waals surface area contributed by atoms with Crippen molar-refractivity contribution < 1.29 is 24.1 Å². The van der Waals surface area contributed by atoms with Crippen molar-refractivity contribution in [3.8, 4) is 0 Å². The second kappa shape index (κ2) is 10.3. The lowest BCUT2D eigenvalue weighted by Crippen LogP contribution is -2.32. The average molecular weight is 433 g/mol.